The van der Waals surface area contributed by atoms with Crippen molar-refractivity contribution in [2.24, 2.45) is 0 Å². The fourth-order valence-electron chi connectivity index (χ4n) is 5.19. The summed E-state index contributed by atoms with van der Waals surface area (Å²) in [5, 5.41) is 20.9. The van der Waals surface area contributed by atoms with E-state index in [1.165, 1.54) is 57.4 Å². The van der Waals surface area contributed by atoms with Crippen molar-refractivity contribution in [3.63, 3.8) is 0 Å². The summed E-state index contributed by atoms with van der Waals surface area (Å²) in [5.41, 5.74) is -0.840. The lowest BCUT2D eigenvalue weighted by Crippen LogP contribution is -2.51. The number of rotatable bonds is 10. The highest BCUT2D eigenvalue weighted by atomic mass is 16.7. The Balaban J connectivity index is 1.42. The summed E-state index contributed by atoms with van der Waals surface area (Å²) in [7, 11) is 0. The summed E-state index contributed by atoms with van der Waals surface area (Å²) in [6, 6.07) is 0. The van der Waals surface area contributed by atoms with Crippen LogP contribution in [0.4, 0.5) is 0 Å². The molecule has 5 atom stereocenters. The van der Waals surface area contributed by atoms with E-state index in [9.17, 15) is 15.0 Å². The van der Waals surface area contributed by atoms with E-state index in [-0.39, 0.29) is 18.3 Å². The highest BCUT2D eigenvalue weighted by Gasteiger charge is 2.56. The molecule has 2 aliphatic heterocycles. The van der Waals surface area contributed by atoms with Gasteiger partial charge in [-0.25, -0.2) is 0 Å². The number of hydrogen-bond donors (Lipinski definition) is 2. The smallest absolute Gasteiger partial charge is 0.172 e. The second-order valence-electron chi connectivity index (χ2n) is 9.44. The van der Waals surface area contributed by atoms with E-state index in [2.05, 4.69) is 6.92 Å². The predicted molar refractivity (Wildman–Crippen MR) is 113 cm³/mol. The molecule has 3 rings (SSSR count). The van der Waals surface area contributed by atoms with Gasteiger partial charge in [-0.3, -0.25) is 4.79 Å². The second-order valence-corrected chi connectivity index (χ2v) is 9.44. The molecule has 0 unspecified atom stereocenters. The Labute approximate surface area is 175 Å². The SMILES string of the molecule is CCCCCCCCCCC[C@H]1C[C@H](O)C[C@]2(CC[C@@]3(C=CC(=O)C[C@H]3O)O2)O1. The molecule has 1 aliphatic carbocycles. The number of carbonyl (C=O) groups is 1. The van der Waals surface area contributed by atoms with Crippen molar-refractivity contribution in [3.8, 4) is 0 Å². The summed E-state index contributed by atoms with van der Waals surface area (Å²) in [6.07, 6.45) is 17.0. The van der Waals surface area contributed by atoms with Gasteiger partial charge in [0.1, 0.15) is 5.60 Å². The van der Waals surface area contributed by atoms with Crippen LogP contribution >= 0.6 is 0 Å². The topological polar surface area (TPSA) is 76.0 Å². The average Bonchev–Trinajstić information content (AvgIpc) is 3.02. The van der Waals surface area contributed by atoms with Gasteiger partial charge in [-0.2, -0.15) is 0 Å². The minimum Gasteiger partial charge on any atom is -0.393 e. The van der Waals surface area contributed by atoms with E-state index in [0.29, 0.717) is 25.7 Å². The third kappa shape index (κ3) is 6.13. The second kappa shape index (κ2) is 10.5. The van der Waals surface area contributed by atoms with Gasteiger partial charge in [0.2, 0.25) is 0 Å². The minimum absolute atomic E-state index is 0.00444. The molecular weight excluding hydrogens is 368 g/mol. The highest BCUT2D eigenvalue weighted by Crippen LogP contribution is 2.49. The van der Waals surface area contributed by atoms with Gasteiger partial charge < -0.3 is 19.7 Å². The molecule has 2 N–H and O–H groups in total. The largest absolute Gasteiger partial charge is 0.393 e. The molecule has 0 aromatic rings. The molecule has 166 valence electrons. The van der Waals surface area contributed by atoms with Gasteiger partial charge in [-0.1, -0.05) is 64.7 Å². The Morgan fingerprint density at radius 2 is 1.72 bits per heavy atom. The molecule has 0 radical (unpaired) electrons. The number of ether oxygens (including phenoxy) is 2. The Morgan fingerprint density at radius 1 is 1.03 bits per heavy atom. The molecule has 0 aromatic carbocycles. The lowest BCUT2D eigenvalue weighted by atomic mass is 9.85. The molecule has 0 amide bonds. The number of hydrogen-bond acceptors (Lipinski definition) is 5. The number of allylic oxidation sites excluding steroid dienone is 1. The van der Waals surface area contributed by atoms with E-state index in [1.54, 1.807) is 6.08 Å². The molecule has 2 saturated heterocycles. The Bertz CT molecular complexity index is 561. The Hall–Kier alpha value is -0.750. The third-order valence-corrected chi connectivity index (χ3v) is 6.88. The van der Waals surface area contributed by atoms with E-state index in [0.717, 1.165) is 12.8 Å². The van der Waals surface area contributed by atoms with E-state index in [4.69, 9.17) is 9.47 Å². The van der Waals surface area contributed by atoms with E-state index < -0.39 is 23.6 Å². The van der Waals surface area contributed by atoms with Crippen LogP contribution in [0.25, 0.3) is 0 Å². The molecular formula is C24H40O5. The maximum absolute atomic E-state index is 11.6. The van der Waals surface area contributed by atoms with Gasteiger partial charge in [-0.05, 0) is 31.4 Å². The molecule has 0 bridgehead atoms. The first-order chi connectivity index (χ1) is 14.0. The van der Waals surface area contributed by atoms with Crippen LogP contribution in [0, 0.1) is 0 Å². The van der Waals surface area contributed by atoms with Crippen LogP contribution in [0.2, 0.25) is 0 Å². The maximum Gasteiger partial charge on any atom is 0.172 e. The maximum atomic E-state index is 11.6. The van der Waals surface area contributed by atoms with Crippen molar-refractivity contribution in [3.05, 3.63) is 12.2 Å². The summed E-state index contributed by atoms with van der Waals surface area (Å²) in [5.74, 6) is -0.895. The van der Waals surface area contributed by atoms with Gasteiger partial charge >= 0.3 is 0 Å². The predicted octanol–water partition coefficient (Wildman–Crippen LogP) is 4.58. The van der Waals surface area contributed by atoms with Crippen LogP contribution in [0.15, 0.2) is 12.2 Å². The van der Waals surface area contributed by atoms with Crippen LogP contribution in [0.3, 0.4) is 0 Å². The monoisotopic (exact) mass is 408 g/mol. The minimum atomic E-state index is -0.840. The molecule has 2 fully saturated rings. The standard InChI is InChI=1S/C24H40O5/c1-2-3-4-5-6-7-8-9-10-11-21-16-20(26)18-24(28-21)15-14-23(29-24)13-12-19(25)17-22(23)27/h12-13,20-22,26-27H,2-11,14-18H2,1H3/t20-,21-,22+,23+,24+/m0/s1. The zero-order valence-corrected chi connectivity index (χ0v) is 18.1. The average molecular weight is 409 g/mol. The number of aliphatic hydroxyl groups is 2. The van der Waals surface area contributed by atoms with Crippen molar-refractivity contribution in [1.82, 2.24) is 0 Å². The van der Waals surface area contributed by atoms with Gasteiger partial charge in [0.05, 0.1) is 18.3 Å². The molecule has 2 heterocycles. The van der Waals surface area contributed by atoms with Crippen molar-refractivity contribution >= 4 is 5.78 Å². The Kier molecular flexibility index (Phi) is 8.32. The molecule has 5 heteroatoms. The molecule has 2 spiro atoms. The van der Waals surface area contributed by atoms with Crippen molar-refractivity contribution < 1.29 is 24.5 Å². The molecule has 0 aromatic heterocycles. The summed E-state index contributed by atoms with van der Waals surface area (Å²) in [6.45, 7) is 2.25. The van der Waals surface area contributed by atoms with Crippen molar-refractivity contribution in [1.29, 1.82) is 0 Å². The highest BCUT2D eigenvalue weighted by molar-refractivity contribution is 5.91. The molecule has 29 heavy (non-hydrogen) atoms. The first-order valence-electron chi connectivity index (χ1n) is 11.9. The fourth-order valence-corrected chi connectivity index (χ4v) is 5.19. The lowest BCUT2D eigenvalue weighted by Gasteiger charge is -2.43. The zero-order valence-electron chi connectivity index (χ0n) is 18.1. The quantitative estimate of drug-likeness (QED) is 0.517. The fraction of sp³-hybridized carbons (Fsp3) is 0.875. The summed E-state index contributed by atoms with van der Waals surface area (Å²) in [4.78, 5) is 11.6. The molecule has 5 nitrogen and oxygen atoms in total. The van der Waals surface area contributed by atoms with Crippen molar-refractivity contribution in [2.45, 2.75) is 133 Å². The first-order valence-corrected chi connectivity index (χ1v) is 11.9. The normalized spacial score (nSPS) is 37.1. The number of carbonyl (C=O) groups excluding carboxylic acids is 1. The third-order valence-electron chi connectivity index (χ3n) is 6.88. The first kappa shape index (κ1) is 22.9. The van der Waals surface area contributed by atoms with Gasteiger partial charge in [0, 0.05) is 19.3 Å². The number of aliphatic hydroxyl groups excluding tert-OH is 2. The Morgan fingerprint density at radius 3 is 2.41 bits per heavy atom. The van der Waals surface area contributed by atoms with Crippen LogP contribution in [0.5, 0.6) is 0 Å². The van der Waals surface area contributed by atoms with Crippen LogP contribution < -0.4 is 0 Å². The zero-order chi connectivity index (χ0) is 20.7. The summed E-state index contributed by atoms with van der Waals surface area (Å²) >= 11 is 0. The number of ketones is 1. The van der Waals surface area contributed by atoms with Gasteiger partial charge in [0.15, 0.2) is 11.6 Å². The van der Waals surface area contributed by atoms with Crippen LogP contribution in [-0.2, 0) is 14.3 Å². The van der Waals surface area contributed by atoms with Crippen molar-refractivity contribution in [2.75, 3.05) is 0 Å². The summed E-state index contributed by atoms with van der Waals surface area (Å²) < 4.78 is 12.7. The van der Waals surface area contributed by atoms with Gasteiger partial charge in [0.25, 0.3) is 0 Å². The van der Waals surface area contributed by atoms with E-state index in [1.807, 2.05) is 0 Å². The van der Waals surface area contributed by atoms with Crippen LogP contribution in [0.1, 0.15) is 103 Å². The number of unbranched alkanes of at least 4 members (excludes halogenated alkanes) is 8. The van der Waals surface area contributed by atoms with Crippen LogP contribution in [-0.4, -0.2) is 45.7 Å². The molecule has 3 aliphatic rings. The van der Waals surface area contributed by atoms with Gasteiger partial charge in [-0.15, -0.1) is 0 Å². The lowest BCUT2D eigenvalue weighted by molar-refractivity contribution is -0.306. The molecule has 0 saturated carbocycles. The van der Waals surface area contributed by atoms with E-state index >= 15 is 0 Å².